The Hall–Kier alpha value is -2.64. The van der Waals surface area contributed by atoms with E-state index in [4.69, 9.17) is 14.9 Å². The molecule has 4 rings (SSSR count). The highest BCUT2D eigenvalue weighted by Crippen LogP contribution is 2.28. The maximum absolute atomic E-state index is 6.18. The van der Waals surface area contributed by atoms with E-state index in [-0.39, 0.29) is 0 Å². The van der Waals surface area contributed by atoms with Gasteiger partial charge in [0.2, 0.25) is 5.71 Å². The molecular formula is C22H29N5O2. The monoisotopic (exact) mass is 395 g/mol. The van der Waals surface area contributed by atoms with Gasteiger partial charge in [-0.25, -0.2) is 4.98 Å². The Morgan fingerprint density at radius 1 is 1.17 bits per heavy atom. The van der Waals surface area contributed by atoms with E-state index in [1.165, 1.54) is 5.56 Å². The normalized spacial score (nSPS) is 17.0. The van der Waals surface area contributed by atoms with E-state index in [1.807, 2.05) is 19.9 Å². The number of aromatic nitrogens is 2. The van der Waals surface area contributed by atoms with Crippen LogP contribution in [0.3, 0.4) is 0 Å². The largest absolute Gasteiger partial charge is 0.497 e. The Morgan fingerprint density at radius 3 is 2.66 bits per heavy atom. The third-order valence-electron chi connectivity index (χ3n) is 6.00. The molecule has 1 aromatic carbocycles. The Kier molecular flexibility index (Phi) is 5.43. The topological polar surface area (TPSA) is 80.7 Å². The van der Waals surface area contributed by atoms with Crippen LogP contribution in [0.25, 0.3) is 11.1 Å². The van der Waals surface area contributed by atoms with E-state index in [0.29, 0.717) is 24.1 Å². The minimum absolute atomic E-state index is 0.351. The molecule has 0 radical (unpaired) electrons. The summed E-state index contributed by atoms with van der Waals surface area (Å²) in [4.78, 5) is 14.0. The van der Waals surface area contributed by atoms with Crippen LogP contribution in [0.1, 0.15) is 35.7 Å². The van der Waals surface area contributed by atoms with Gasteiger partial charge in [0, 0.05) is 37.8 Å². The van der Waals surface area contributed by atoms with Crippen LogP contribution in [0.5, 0.6) is 5.75 Å². The molecule has 2 N–H and O–H groups in total. The zero-order valence-corrected chi connectivity index (χ0v) is 17.6. The Labute approximate surface area is 171 Å². The number of hydrogen-bond acceptors (Lipinski definition) is 7. The van der Waals surface area contributed by atoms with Crippen LogP contribution in [-0.4, -0.2) is 53.1 Å². The molecule has 7 heteroatoms. The summed E-state index contributed by atoms with van der Waals surface area (Å²) < 4.78 is 11.1. The molecule has 2 aromatic heterocycles. The van der Waals surface area contributed by atoms with E-state index in [2.05, 4.69) is 44.9 Å². The first-order valence-electron chi connectivity index (χ1n) is 10.1. The molecule has 1 aliphatic rings. The van der Waals surface area contributed by atoms with E-state index in [1.54, 1.807) is 7.11 Å². The van der Waals surface area contributed by atoms with Gasteiger partial charge in [0.1, 0.15) is 23.2 Å². The lowest BCUT2D eigenvalue weighted by Gasteiger charge is -2.38. The Morgan fingerprint density at radius 2 is 1.93 bits per heavy atom. The lowest BCUT2D eigenvalue weighted by atomic mass is 10.1. The predicted molar refractivity (Wildman–Crippen MR) is 114 cm³/mol. The van der Waals surface area contributed by atoms with Crippen LogP contribution in [0.4, 0.5) is 5.82 Å². The van der Waals surface area contributed by atoms with Gasteiger partial charge in [0.15, 0.2) is 0 Å². The average molecular weight is 396 g/mol. The van der Waals surface area contributed by atoms with Crippen LogP contribution < -0.4 is 10.5 Å². The number of rotatable bonds is 5. The minimum Gasteiger partial charge on any atom is -0.497 e. The van der Waals surface area contributed by atoms with Gasteiger partial charge in [-0.05, 0) is 38.5 Å². The summed E-state index contributed by atoms with van der Waals surface area (Å²) in [6, 6.07) is 8.68. The van der Waals surface area contributed by atoms with Gasteiger partial charge in [-0.2, -0.15) is 4.98 Å². The zero-order valence-electron chi connectivity index (χ0n) is 17.6. The van der Waals surface area contributed by atoms with E-state index in [0.717, 1.165) is 54.5 Å². The number of fused-ring (bicyclic) bond motifs is 1. The number of methoxy groups -OCH3 is 1. The maximum atomic E-state index is 6.18. The Bertz CT molecular complexity index is 1010. The molecule has 0 spiro atoms. The standard InChI is InChI=1S/C22H29N5O2/c1-14-16(3)29-22-20(14)21(23)24-19(25-22)13-26-8-10-27(11-9-26)15(2)17-6-5-7-18(12-17)28-4/h5-7,12,15H,8-11,13H2,1-4H3,(H2,23,24,25). The quantitative estimate of drug-likeness (QED) is 0.710. The van der Waals surface area contributed by atoms with Crippen molar-refractivity contribution in [2.24, 2.45) is 0 Å². The first-order valence-corrected chi connectivity index (χ1v) is 10.1. The number of piperazine rings is 1. The highest BCUT2D eigenvalue weighted by atomic mass is 16.5. The second-order valence-corrected chi connectivity index (χ2v) is 7.75. The third kappa shape index (κ3) is 3.93. The summed E-state index contributed by atoms with van der Waals surface area (Å²) in [6.45, 7) is 10.8. The van der Waals surface area contributed by atoms with E-state index >= 15 is 0 Å². The molecule has 3 heterocycles. The summed E-state index contributed by atoms with van der Waals surface area (Å²) in [5.74, 6) is 2.97. The van der Waals surface area contributed by atoms with E-state index < -0.39 is 0 Å². The second kappa shape index (κ2) is 8.00. The van der Waals surface area contributed by atoms with Gasteiger partial charge in [0.05, 0.1) is 19.0 Å². The van der Waals surface area contributed by atoms with Crippen molar-refractivity contribution < 1.29 is 9.15 Å². The fourth-order valence-electron chi connectivity index (χ4n) is 4.02. The molecule has 0 saturated carbocycles. The summed E-state index contributed by atoms with van der Waals surface area (Å²) in [7, 11) is 1.71. The Balaban J connectivity index is 1.40. The van der Waals surface area contributed by atoms with Crippen LogP contribution in [0.2, 0.25) is 0 Å². The molecule has 0 aliphatic carbocycles. The van der Waals surface area contributed by atoms with Crippen LogP contribution in [0.15, 0.2) is 28.7 Å². The number of aryl methyl sites for hydroxylation is 2. The number of nitrogen functional groups attached to an aromatic ring is 1. The molecule has 0 amide bonds. The van der Waals surface area contributed by atoms with Crippen molar-refractivity contribution in [2.45, 2.75) is 33.4 Å². The molecule has 1 unspecified atom stereocenters. The van der Waals surface area contributed by atoms with Crippen molar-refractivity contribution in [3.8, 4) is 5.75 Å². The fraction of sp³-hybridized carbons (Fsp3) is 0.455. The fourth-order valence-corrected chi connectivity index (χ4v) is 4.02. The number of hydrogen-bond donors (Lipinski definition) is 1. The van der Waals surface area contributed by atoms with Crippen molar-refractivity contribution in [1.82, 2.24) is 19.8 Å². The summed E-state index contributed by atoms with van der Waals surface area (Å²) in [5, 5.41) is 0.836. The summed E-state index contributed by atoms with van der Waals surface area (Å²) in [5.41, 5.74) is 9.07. The smallest absolute Gasteiger partial charge is 0.231 e. The molecule has 7 nitrogen and oxygen atoms in total. The third-order valence-corrected chi connectivity index (χ3v) is 6.00. The van der Waals surface area contributed by atoms with Crippen LogP contribution in [-0.2, 0) is 6.54 Å². The molecule has 154 valence electrons. The number of ether oxygens (including phenoxy) is 1. The van der Waals surface area contributed by atoms with Gasteiger partial charge in [0.25, 0.3) is 0 Å². The van der Waals surface area contributed by atoms with Crippen molar-refractivity contribution >= 4 is 16.9 Å². The molecule has 1 fully saturated rings. The minimum atomic E-state index is 0.351. The average Bonchev–Trinajstić information content (AvgIpc) is 3.02. The molecule has 29 heavy (non-hydrogen) atoms. The van der Waals surface area contributed by atoms with Crippen molar-refractivity contribution in [2.75, 3.05) is 39.0 Å². The zero-order chi connectivity index (χ0) is 20.5. The molecular weight excluding hydrogens is 366 g/mol. The number of anilines is 1. The molecule has 0 bridgehead atoms. The highest BCUT2D eigenvalue weighted by Gasteiger charge is 2.23. The molecule has 1 aliphatic heterocycles. The van der Waals surface area contributed by atoms with Gasteiger partial charge in [-0.15, -0.1) is 0 Å². The molecule has 3 aromatic rings. The van der Waals surface area contributed by atoms with Gasteiger partial charge in [-0.1, -0.05) is 12.1 Å². The van der Waals surface area contributed by atoms with Crippen molar-refractivity contribution in [3.05, 3.63) is 47.0 Å². The number of nitrogens with zero attached hydrogens (tertiary/aromatic N) is 4. The van der Waals surface area contributed by atoms with Crippen LogP contribution >= 0.6 is 0 Å². The highest BCUT2D eigenvalue weighted by molar-refractivity contribution is 5.88. The van der Waals surface area contributed by atoms with E-state index in [9.17, 15) is 0 Å². The van der Waals surface area contributed by atoms with Crippen LogP contribution in [0, 0.1) is 13.8 Å². The second-order valence-electron chi connectivity index (χ2n) is 7.75. The lowest BCUT2D eigenvalue weighted by molar-refractivity contribution is 0.0962. The van der Waals surface area contributed by atoms with Gasteiger partial charge >= 0.3 is 0 Å². The van der Waals surface area contributed by atoms with Crippen molar-refractivity contribution in [3.63, 3.8) is 0 Å². The maximum Gasteiger partial charge on any atom is 0.231 e. The molecule has 1 saturated heterocycles. The van der Waals surface area contributed by atoms with Gasteiger partial charge < -0.3 is 14.9 Å². The first-order chi connectivity index (χ1) is 14.0. The first kappa shape index (κ1) is 19.7. The van der Waals surface area contributed by atoms with Crippen molar-refractivity contribution in [1.29, 1.82) is 0 Å². The molecule has 1 atom stereocenters. The number of nitrogens with two attached hydrogens (primary N) is 1. The SMILES string of the molecule is COc1cccc(C(C)N2CCN(Cc3nc(N)c4c(C)c(C)oc4n3)CC2)c1. The summed E-state index contributed by atoms with van der Waals surface area (Å²) >= 11 is 0. The van der Waals surface area contributed by atoms with Gasteiger partial charge in [-0.3, -0.25) is 9.80 Å². The number of furan rings is 1. The summed E-state index contributed by atoms with van der Waals surface area (Å²) in [6.07, 6.45) is 0. The number of benzene rings is 1. The lowest BCUT2D eigenvalue weighted by Crippen LogP contribution is -2.46. The predicted octanol–water partition coefficient (Wildman–Crippen LogP) is 3.31.